The molecule has 0 fully saturated rings. The molecule has 1 aromatic heterocycles. The van der Waals surface area contributed by atoms with Crippen molar-refractivity contribution < 1.29 is 18.7 Å². The van der Waals surface area contributed by atoms with Crippen LogP contribution in [0.2, 0.25) is 0 Å². The van der Waals surface area contributed by atoms with Gasteiger partial charge in [-0.1, -0.05) is 26.3 Å². The minimum absolute atomic E-state index is 0.0103. The zero-order valence-electron chi connectivity index (χ0n) is 16.3. The van der Waals surface area contributed by atoms with E-state index >= 15 is 0 Å². The van der Waals surface area contributed by atoms with Gasteiger partial charge in [-0.25, -0.2) is 4.98 Å². The highest BCUT2D eigenvalue weighted by molar-refractivity contribution is 5.92. The molecule has 0 saturated heterocycles. The molecule has 1 unspecified atom stereocenters. The number of aryl methyl sites for hydroxylation is 1. The van der Waals surface area contributed by atoms with Crippen molar-refractivity contribution in [3.8, 4) is 11.5 Å². The normalized spacial score (nSPS) is 11.9. The van der Waals surface area contributed by atoms with Crippen LogP contribution >= 0.6 is 0 Å². The first-order chi connectivity index (χ1) is 12.9. The van der Waals surface area contributed by atoms with Gasteiger partial charge in [-0.2, -0.15) is 0 Å². The molecule has 0 bridgehead atoms. The third-order valence-corrected chi connectivity index (χ3v) is 4.25. The second kappa shape index (κ2) is 9.87. The minimum Gasteiger partial charge on any atom is -0.441 e. The van der Waals surface area contributed by atoms with Crippen molar-refractivity contribution in [2.24, 2.45) is 5.92 Å². The summed E-state index contributed by atoms with van der Waals surface area (Å²) in [6.45, 7) is 6.25. The molecule has 2 amide bonds. The van der Waals surface area contributed by atoms with Gasteiger partial charge >= 0.3 is 0 Å². The second-order valence-electron chi connectivity index (χ2n) is 6.58. The molecule has 0 spiro atoms. The largest absolute Gasteiger partial charge is 0.441 e. The SMILES string of the molecule is CCC(C)CC(=O)NCc1nc(-c2cccc(NC(=O)COC)c2)oc1C. The van der Waals surface area contributed by atoms with Crippen LogP contribution in [0.5, 0.6) is 0 Å². The van der Waals surface area contributed by atoms with Crippen molar-refractivity contribution in [1.29, 1.82) is 0 Å². The van der Waals surface area contributed by atoms with Crippen molar-refractivity contribution in [1.82, 2.24) is 10.3 Å². The predicted molar refractivity (Wildman–Crippen MR) is 103 cm³/mol. The summed E-state index contributed by atoms with van der Waals surface area (Å²) < 4.78 is 10.6. The number of nitrogens with zero attached hydrogens (tertiary/aromatic N) is 1. The van der Waals surface area contributed by atoms with Gasteiger partial charge in [0.2, 0.25) is 17.7 Å². The molecule has 2 N–H and O–H groups in total. The third-order valence-electron chi connectivity index (χ3n) is 4.25. The molecule has 0 aliphatic rings. The maximum atomic E-state index is 12.0. The van der Waals surface area contributed by atoms with E-state index in [-0.39, 0.29) is 18.4 Å². The highest BCUT2D eigenvalue weighted by Gasteiger charge is 2.14. The highest BCUT2D eigenvalue weighted by atomic mass is 16.5. The number of ether oxygens (including phenoxy) is 1. The van der Waals surface area contributed by atoms with E-state index in [0.29, 0.717) is 41.9 Å². The second-order valence-corrected chi connectivity index (χ2v) is 6.58. The summed E-state index contributed by atoms with van der Waals surface area (Å²) in [5, 5.41) is 5.64. The molecule has 0 radical (unpaired) electrons. The molecule has 0 saturated carbocycles. The molecule has 1 aromatic carbocycles. The number of rotatable bonds is 9. The summed E-state index contributed by atoms with van der Waals surface area (Å²) in [5.74, 6) is 1.23. The Kier molecular flexibility index (Phi) is 7.55. The van der Waals surface area contributed by atoms with Crippen molar-refractivity contribution in [3.05, 3.63) is 35.7 Å². The fourth-order valence-corrected chi connectivity index (χ4v) is 2.49. The lowest BCUT2D eigenvalue weighted by Crippen LogP contribution is -2.24. The average Bonchev–Trinajstić information content (AvgIpc) is 3.01. The predicted octanol–water partition coefficient (Wildman–Crippen LogP) is 3.29. The van der Waals surface area contributed by atoms with Gasteiger partial charge in [0.1, 0.15) is 18.1 Å². The Labute approximate surface area is 159 Å². The van der Waals surface area contributed by atoms with E-state index in [2.05, 4.69) is 29.5 Å². The molecular formula is C20H27N3O4. The van der Waals surface area contributed by atoms with Gasteiger partial charge in [0.25, 0.3) is 0 Å². The van der Waals surface area contributed by atoms with E-state index in [1.165, 1.54) is 7.11 Å². The van der Waals surface area contributed by atoms with Gasteiger partial charge in [0, 0.05) is 24.8 Å². The molecule has 0 aliphatic carbocycles. The van der Waals surface area contributed by atoms with Crippen molar-refractivity contribution >= 4 is 17.5 Å². The molecular weight excluding hydrogens is 346 g/mol. The smallest absolute Gasteiger partial charge is 0.250 e. The number of benzene rings is 1. The zero-order chi connectivity index (χ0) is 19.8. The van der Waals surface area contributed by atoms with E-state index in [0.717, 1.165) is 12.0 Å². The molecule has 2 rings (SSSR count). The van der Waals surface area contributed by atoms with Crippen LogP contribution in [0.3, 0.4) is 0 Å². The van der Waals surface area contributed by atoms with Crippen LogP contribution in [0.25, 0.3) is 11.5 Å². The molecule has 1 atom stereocenters. The Morgan fingerprint density at radius 1 is 1.30 bits per heavy atom. The fourth-order valence-electron chi connectivity index (χ4n) is 2.49. The topological polar surface area (TPSA) is 93.5 Å². The van der Waals surface area contributed by atoms with Crippen LogP contribution in [0.15, 0.2) is 28.7 Å². The van der Waals surface area contributed by atoms with Crippen LogP contribution in [0, 0.1) is 12.8 Å². The first kappa shape index (κ1) is 20.6. The van der Waals surface area contributed by atoms with E-state index in [4.69, 9.17) is 9.15 Å². The summed E-state index contributed by atoms with van der Waals surface area (Å²) in [6, 6.07) is 7.22. The Morgan fingerprint density at radius 2 is 2.07 bits per heavy atom. The summed E-state index contributed by atoms with van der Waals surface area (Å²) >= 11 is 0. The average molecular weight is 373 g/mol. The monoisotopic (exact) mass is 373 g/mol. The number of methoxy groups -OCH3 is 1. The summed E-state index contributed by atoms with van der Waals surface area (Å²) in [4.78, 5) is 28.1. The van der Waals surface area contributed by atoms with Gasteiger partial charge in [-0.15, -0.1) is 0 Å². The summed E-state index contributed by atoms with van der Waals surface area (Å²) in [5.41, 5.74) is 2.07. The molecule has 27 heavy (non-hydrogen) atoms. The third kappa shape index (κ3) is 6.21. The molecule has 1 heterocycles. The molecule has 7 heteroatoms. The Hall–Kier alpha value is -2.67. The molecule has 2 aromatic rings. The Morgan fingerprint density at radius 3 is 2.78 bits per heavy atom. The number of hydrogen-bond donors (Lipinski definition) is 2. The lowest BCUT2D eigenvalue weighted by molar-refractivity contribution is -0.122. The van der Waals surface area contributed by atoms with Gasteiger partial charge in [0.05, 0.1) is 6.54 Å². The maximum Gasteiger partial charge on any atom is 0.250 e. The number of aromatic nitrogens is 1. The maximum absolute atomic E-state index is 12.0. The van der Waals surface area contributed by atoms with Gasteiger partial charge in [-0.05, 0) is 31.0 Å². The number of nitrogens with one attached hydrogen (secondary N) is 2. The van der Waals surface area contributed by atoms with Crippen LogP contribution in [-0.2, 0) is 20.9 Å². The van der Waals surface area contributed by atoms with Crippen LogP contribution in [-0.4, -0.2) is 30.5 Å². The van der Waals surface area contributed by atoms with E-state index < -0.39 is 0 Å². The standard InChI is InChI=1S/C20H27N3O4/c1-5-13(2)9-18(24)21-11-17-14(3)27-20(23-17)15-7-6-8-16(10-15)22-19(25)12-26-4/h6-8,10,13H,5,9,11-12H2,1-4H3,(H,21,24)(H,22,25). The molecule has 7 nitrogen and oxygen atoms in total. The number of amides is 2. The van der Waals surface area contributed by atoms with Crippen molar-refractivity contribution in [2.45, 2.75) is 40.2 Å². The van der Waals surface area contributed by atoms with Gasteiger partial charge in [-0.3, -0.25) is 9.59 Å². The first-order valence-corrected chi connectivity index (χ1v) is 9.05. The zero-order valence-corrected chi connectivity index (χ0v) is 16.3. The number of carbonyl (C=O) groups excluding carboxylic acids is 2. The molecule has 0 aliphatic heterocycles. The Balaban J connectivity index is 2.05. The van der Waals surface area contributed by atoms with Crippen LogP contribution < -0.4 is 10.6 Å². The quantitative estimate of drug-likeness (QED) is 0.703. The lowest BCUT2D eigenvalue weighted by atomic mass is 10.1. The lowest BCUT2D eigenvalue weighted by Gasteiger charge is -2.08. The summed E-state index contributed by atoms with van der Waals surface area (Å²) in [6.07, 6.45) is 1.47. The highest BCUT2D eigenvalue weighted by Crippen LogP contribution is 2.24. The van der Waals surface area contributed by atoms with E-state index in [1.54, 1.807) is 12.1 Å². The number of carbonyl (C=O) groups is 2. The minimum atomic E-state index is -0.233. The number of hydrogen-bond acceptors (Lipinski definition) is 5. The van der Waals surface area contributed by atoms with Crippen LogP contribution in [0.4, 0.5) is 5.69 Å². The van der Waals surface area contributed by atoms with E-state index in [1.807, 2.05) is 19.1 Å². The van der Waals surface area contributed by atoms with Crippen LogP contribution in [0.1, 0.15) is 38.1 Å². The summed E-state index contributed by atoms with van der Waals surface area (Å²) in [7, 11) is 1.47. The fraction of sp³-hybridized carbons (Fsp3) is 0.450. The van der Waals surface area contributed by atoms with Gasteiger partial charge < -0.3 is 19.8 Å². The first-order valence-electron chi connectivity index (χ1n) is 9.05. The van der Waals surface area contributed by atoms with Crippen molar-refractivity contribution in [3.63, 3.8) is 0 Å². The number of anilines is 1. The Bertz CT molecular complexity index is 785. The van der Waals surface area contributed by atoms with E-state index in [9.17, 15) is 9.59 Å². The number of oxazole rings is 1. The van der Waals surface area contributed by atoms with Crippen molar-refractivity contribution in [2.75, 3.05) is 19.0 Å². The van der Waals surface area contributed by atoms with Gasteiger partial charge in [0.15, 0.2) is 0 Å². The molecule has 146 valence electrons.